The first-order chi connectivity index (χ1) is 11.0. The van der Waals surface area contributed by atoms with E-state index >= 15 is 0 Å². The fourth-order valence-corrected chi connectivity index (χ4v) is 2.92. The van der Waals surface area contributed by atoms with Crippen LogP contribution in [0.4, 0.5) is 0 Å². The number of aliphatic hydroxyl groups is 1. The van der Waals surface area contributed by atoms with E-state index in [4.69, 9.17) is 27.9 Å². The van der Waals surface area contributed by atoms with Crippen molar-refractivity contribution in [3.8, 4) is 5.75 Å². The molecule has 0 aromatic heterocycles. The Labute approximate surface area is 158 Å². The zero-order valence-corrected chi connectivity index (χ0v) is 15.8. The quantitative estimate of drug-likeness (QED) is 0.690. The van der Waals surface area contributed by atoms with Gasteiger partial charge in [-0.2, -0.15) is 0 Å². The molecule has 0 saturated carbocycles. The predicted octanol–water partition coefficient (Wildman–Crippen LogP) is 2.66. The van der Waals surface area contributed by atoms with Crippen molar-refractivity contribution >= 4 is 41.5 Å². The van der Waals surface area contributed by atoms with Crippen molar-refractivity contribution in [1.29, 1.82) is 0 Å². The third-order valence-corrected chi connectivity index (χ3v) is 4.66. The number of halogens is 3. The summed E-state index contributed by atoms with van der Waals surface area (Å²) in [6, 6.07) is 5.40. The number of amides is 1. The Bertz CT molecular complexity index is 545. The maximum atomic E-state index is 12.1. The lowest BCUT2D eigenvalue weighted by Gasteiger charge is -2.27. The van der Waals surface area contributed by atoms with Gasteiger partial charge in [0, 0.05) is 18.5 Å². The molecule has 0 bridgehead atoms. The average Bonchev–Trinajstić information content (AvgIpc) is 2.54. The minimum absolute atomic E-state index is 0. The Morgan fingerprint density at radius 3 is 2.96 bits per heavy atom. The van der Waals surface area contributed by atoms with Gasteiger partial charge < -0.3 is 20.5 Å². The van der Waals surface area contributed by atoms with Gasteiger partial charge in [-0.05, 0) is 38.4 Å². The maximum Gasteiger partial charge on any atom is 0.223 e. The summed E-state index contributed by atoms with van der Waals surface area (Å²) in [4.78, 5) is 12.1. The molecule has 3 atom stereocenters. The van der Waals surface area contributed by atoms with E-state index in [0.29, 0.717) is 21.8 Å². The number of piperidine rings is 1. The highest BCUT2D eigenvalue weighted by molar-refractivity contribution is 6.42. The van der Waals surface area contributed by atoms with Crippen LogP contribution in [0.15, 0.2) is 18.2 Å². The van der Waals surface area contributed by atoms with Gasteiger partial charge >= 0.3 is 0 Å². The molecule has 1 fully saturated rings. The largest absolute Gasteiger partial charge is 0.489 e. The standard InChI is InChI=1S/C16H22Cl2N2O3.ClH/c1-10-7-11(5-6-19-10)16(22)20-8-12(21)9-23-14-4-2-3-13(17)15(14)18;/h2-4,10-12,19,21H,5-9H2,1H3,(H,20,22);1H/t10-,11-,12?;/m0./s1. The average molecular weight is 398 g/mol. The zero-order valence-electron chi connectivity index (χ0n) is 13.4. The highest BCUT2D eigenvalue weighted by Gasteiger charge is 2.24. The van der Waals surface area contributed by atoms with Crippen molar-refractivity contribution in [2.24, 2.45) is 5.92 Å². The van der Waals surface area contributed by atoms with Gasteiger partial charge in [0.25, 0.3) is 0 Å². The van der Waals surface area contributed by atoms with Gasteiger partial charge in [0.1, 0.15) is 23.5 Å². The number of carbonyl (C=O) groups excluding carboxylic acids is 1. The molecule has 5 nitrogen and oxygen atoms in total. The molecule has 0 aliphatic carbocycles. The topological polar surface area (TPSA) is 70.6 Å². The lowest BCUT2D eigenvalue weighted by atomic mass is 9.92. The van der Waals surface area contributed by atoms with Gasteiger partial charge in [-0.15, -0.1) is 12.4 Å². The van der Waals surface area contributed by atoms with E-state index < -0.39 is 6.10 Å². The first-order valence-corrected chi connectivity index (χ1v) is 8.49. The van der Waals surface area contributed by atoms with Gasteiger partial charge in [0.2, 0.25) is 5.91 Å². The summed E-state index contributed by atoms with van der Waals surface area (Å²) in [6.07, 6.45) is 0.824. The SMILES string of the molecule is C[C@H]1C[C@@H](C(=O)NCC(O)COc2cccc(Cl)c2Cl)CCN1.Cl. The lowest BCUT2D eigenvalue weighted by molar-refractivity contribution is -0.126. The van der Waals surface area contributed by atoms with Gasteiger partial charge in [-0.25, -0.2) is 0 Å². The molecular formula is C16H23Cl3N2O3. The summed E-state index contributed by atoms with van der Waals surface area (Å²) in [6.45, 7) is 3.09. The number of benzene rings is 1. The van der Waals surface area contributed by atoms with E-state index in [-0.39, 0.29) is 37.4 Å². The second kappa shape index (κ2) is 10.3. The molecule has 1 heterocycles. The normalized spacial score (nSPS) is 21.5. The van der Waals surface area contributed by atoms with Gasteiger partial charge in [0.05, 0.1) is 5.02 Å². The first-order valence-electron chi connectivity index (χ1n) is 7.73. The van der Waals surface area contributed by atoms with Gasteiger partial charge in [0.15, 0.2) is 0 Å². The number of hydrogen-bond acceptors (Lipinski definition) is 4. The summed E-state index contributed by atoms with van der Waals surface area (Å²) in [7, 11) is 0. The summed E-state index contributed by atoms with van der Waals surface area (Å²) >= 11 is 11.9. The van der Waals surface area contributed by atoms with Crippen LogP contribution in [-0.2, 0) is 4.79 Å². The highest BCUT2D eigenvalue weighted by Crippen LogP contribution is 2.31. The molecule has 1 aromatic rings. The van der Waals surface area contributed by atoms with Crippen LogP contribution in [0.2, 0.25) is 10.0 Å². The molecule has 1 aliphatic heterocycles. The molecule has 1 saturated heterocycles. The summed E-state index contributed by atoms with van der Waals surface area (Å²) in [5, 5.41) is 16.7. The van der Waals surface area contributed by atoms with E-state index in [1.54, 1.807) is 18.2 Å². The fraction of sp³-hybridized carbons (Fsp3) is 0.562. The van der Waals surface area contributed by atoms with Crippen molar-refractivity contribution < 1.29 is 14.6 Å². The Kier molecular flexibility index (Phi) is 9.16. The molecular weight excluding hydrogens is 375 g/mol. The molecule has 2 rings (SSSR count). The smallest absolute Gasteiger partial charge is 0.223 e. The minimum atomic E-state index is -0.812. The third-order valence-electron chi connectivity index (χ3n) is 3.85. The van der Waals surface area contributed by atoms with E-state index in [2.05, 4.69) is 17.6 Å². The Hall–Kier alpha value is -0.720. The van der Waals surface area contributed by atoms with Crippen molar-refractivity contribution in [2.75, 3.05) is 19.7 Å². The lowest BCUT2D eigenvalue weighted by Crippen LogP contribution is -2.44. The molecule has 1 aliphatic rings. The van der Waals surface area contributed by atoms with Crippen LogP contribution >= 0.6 is 35.6 Å². The highest BCUT2D eigenvalue weighted by atomic mass is 35.5. The van der Waals surface area contributed by atoms with E-state index in [9.17, 15) is 9.90 Å². The molecule has 0 spiro atoms. The molecule has 1 aromatic carbocycles. The maximum absolute atomic E-state index is 12.1. The molecule has 24 heavy (non-hydrogen) atoms. The summed E-state index contributed by atoms with van der Waals surface area (Å²) in [5.41, 5.74) is 0. The Balaban J connectivity index is 0.00000288. The Morgan fingerprint density at radius 2 is 2.25 bits per heavy atom. The minimum Gasteiger partial charge on any atom is -0.489 e. The molecule has 0 radical (unpaired) electrons. The van der Waals surface area contributed by atoms with Crippen LogP contribution in [-0.4, -0.2) is 42.9 Å². The zero-order chi connectivity index (χ0) is 16.8. The van der Waals surface area contributed by atoms with Crippen LogP contribution < -0.4 is 15.4 Å². The molecule has 8 heteroatoms. The second-order valence-electron chi connectivity index (χ2n) is 5.84. The van der Waals surface area contributed by atoms with Crippen LogP contribution in [0, 0.1) is 5.92 Å². The molecule has 3 N–H and O–H groups in total. The number of carbonyl (C=O) groups is 1. The van der Waals surface area contributed by atoms with Crippen LogP contribution in [0.5, 0.6) is 5.75 Å². The number of rotatable bonds is 6. The van der Waals surface area contributed by atoms with E-state index in [0.717, 1.165) is 19.4 Å². The number of aliphatic hydroxyl groups excluding tert-OH is 1. The van der Waals surface area contributed by atoms with E-state index in [1.165, 1.54) is 0 Å². The second-order valence-corrected chi connectivity index (χ2v) is 6.62. The van der Waals surface area contributed by atoms with Crippen molar-refractivity contribution in [1.82, 2.24) is 10.6 Å². The summed E-state index contributed by atoms with van der Waals surface area (Å²) in [5.74, 6) is 0.400. The van der Waals surface area contributed by atoms with Crippen LogP contribution in [0.25, 0.3) is 0 Å². The number of nitrogens with one attached hydrogen (secondary N) is 2. The van der Waals surface area contributed by atoms with Crippen molar-refractivity contribution in [3.05, 3.63) is 28.2 Å². The molecule has 1 amide bonds. The van der Waals surface area contributed by atoms with Gasteiger partial charge in [-0.3, -0.25) is 4.79 Å². The van der Waals surface area contributed by atoms with Crippen LogP contribution in [0.3, 0.4) is 0 Å². The predicted molar refractivity (Wildman–Crippen MR) is 98.4 cm³/mol. The fourth-order valence-electron chi connectivity index (χ4n) is 2.57. The summed E-state index contributed by atoms with van der Waals surface area (Å²) < 4.78 is 5.45. The van der Waals surface area contributed by atoms with E-state index in [1.807, 2.05) is 0 Å². The van der Waals surface area contributed by atoms with Gasteiger partial charge in [-0.1, -0.05) is 29.3 Å². The number of hydrogen-bond donors (Lipinski definition) is 3. The van der Waals surface area contributed by atoms with Crippen molar-refractivity contribution in [3.63, 3.8) is 0 Å². The molecule has 136 valence electrons. The van der Waals surface area contributed by atoms with Crippen LogP contribution in [0.1, 0.15) is 19.8 Å². The van der Waals surface area contributed by atoms with Crippen molar-refractivity contribution in [2.45, 2.75) is 31.9 Å². The molecule has 1 unspecified atom stereocenters. The number of ether oxygens (including phenoxy) is 1. The Morgan fingerprint density at radius 1 is 1.50 bits per heavy atom. The first kappa shape index (κ1) is 21.3. The third kappa shape index (κ3) is 6.30. The monoisotopic (exact) mass is 396 g/mol.